The first kappa shape index (κ1) is 5.96. The first-order valence-electron chi connectivity index (χ1n) is 2.22. The first-order valence-corrected chi connectivity index (χ1v) is 2.22. The standard InChI is InChI=1S/C5H11O/c1-4-6-5(2)3/h5H,2,4H2,1,3H3/t5-/m1/s1. The summed E-state index contributed by atoms with van der Waals surface area (Å²) in [6.07, 6.45) is 0.148. The van der Waals surface area contributed by atoms with E-state index in [9.17, 15) is 0 Å². The molecule has 0 aromatic heterocycles. The molecule has 0 bridgehead atoms. The van der Waals surface area contributed by atoms with Crippen LogP contribution in [0.4, 0.5) is 0 Å². The van der Waals surface area contributed by atoms with Gasteiger partial charge in [0, 0.05) is 6.61 Å². The number of hydrogen-bond donors (Lipinski definition) is 0. The molecule has 0 rings (SSSR count). The maximum absolute atomic E-state index is 4.93. The Bertz CT molecular complexity index is 25.1. The lowest BCUT2D eigenvalue weighted by atomic mass is 10.5. The Kier molecular flexibility index (Phi) is 3.14. The highest BCUT2D eigenvalue weighted by Gasteiger charge is 1.84. The lowest BCUT2D eigenvalue weighted by Crippen LogP contribution is -2.00. The molecule has 1 nitrogen and oxygen atoms in total. The van der Waals surface area contributed by atoms with Gasteiger partial charge in [0.25, 0.3) is 0 Å². The summed E-state index contributed by atoms with van der Waals surface area (Å²) in [4.78, 5) is 0. The summed E-state index contributed by atoms with van der Waals surface area (Å²) in [7, 11) is 0. The van der Waals surface area contributed by atoms with Crippen LogP contribution in [-0.4, -0.2) is 12.7 Å². The number of rotatable bonds is 2. The third-order valence-electron chi connectivity index (χ3n) is 0.451. The smallest absolute Gasteiger partial charge is 0.0547 e. The van der Waals surface area contributed by atoms with Gasteiger partial charge in [-0.05, 0) is 20.8 Å². The molecule has 0 heterocycles. The minimum Gasteiger partial charge on any atom is -0.379 e. The van der Waals surface area contributed by atoms with Crippen LogP contribution in [0.25, 0.3) is 0 Å². The Morgan fingerprint density at radius 3 is 2.33 bits per heavy atom. The van der Waals surface area contributed by atoms with Gasteiger partial charge in [0.15, 0.2) is 0 Å². The SMILES string of the molecule is [CH2][C@H](C)OCC. The van der Waals surface area contributed by atoms with Gasteiger partial charge in [-0.15, -0.1) is 0 Å². The fourth-order valence-corrected chi connectivity index (χ4v) is 0.285. The van der Waals surface area contributed by atoms with Crippen molar-refractivity contribution in [3.05, 3.63) is 6.92 Å². The van der Waals surface area contributed by atoms with Crippen LogP contribution in [0.2, 0.25) is 0 Å². The number of hydrogen-bond acceptors (Lipinski definition) is 1. The van der Waals surface area contributed by atoms with Crippen LogP contribution in [0.1, 0.15) is 13.8 Å². The second-order valence-corrected chi connectivity index (χ2v) is 1.27. The minimum absolute atomic E-state index is 0.148. The van der Waals surface area contributed by atoms with Crippen molar-refractivity contribution < 1.29 is 4.74 Å². The molecule has 0 aliphatic rings. The monoisotopic (exact) mass is 87.1 g/mol. The van der Waals surface area contributed by atoms with Gasteiger partial charge in [-0.1, -0.05) is 0 Å². The lowest BCUT2D eigenvalue weighted by molar-refractivity contribution is 0.108. The molecule has 37 valence electrons. The van der Waals surface area contributed by atoms with Crippen molar-refractivity contribution in [2.75, 3.05) is 6.61 Å². The van der Waals surface area contributed by atoms with Gasteiger partial charge in [-0.3, -0.25) is 0 Å². The van der Waals surface area contributed by atoms with E-state index in [0.717, 1.165) is 6.61 Å². The molecule has 0 aromatic rings. The number of ether oxygens (including phenoxy) is 1. The molecule has 0 saturated carbocycles. The molecular weight excluding hydrogens is 76.1 g/mol. The van der Waals surface area contributed by atoms with Crippen molar-refractivity contribution in [3.8, 4) is 0 Å². The highest BCUT2D eigenvalue weighted by Crippen LogP contribution is 1.82. The van der Waals surface area contributed by atoms with Crippen LogP contribution >= 0.6 is 0 Å². The van der Waals surface area contributed by atoms with Crippen molar-refractivity contribution in [2.45, 2.75) is 20.0 Å². The quantitative estimate of drug-likeness (QED) is 0.492. The molecule has 0 amide bonds. The van der Waals surface area contributed by atoms with E-state index in [-0.39, 0.29) is 6.10 Å². The molecular formula is C5H11O. The third-order valence-corrected chi connectivity index (χ3v) is 0.451. The van der Waals surface area contributed by atoms with Gasteiger partial charge in [-0.25, -0.2) is 0 Å². The Hall–Kier alpha value is -0.0400. The second kappa shape index (κ2) is 3.16. The Labute approximate surface area is 39.3 Å². The van der Waals surface area contributed by atoms with E-state index in [4.69, 9.17) is 4.74 Å². The molecule has 6 heavy (non-hydrogen) atoms. The van der Waals surface area contributed by atoms with Gasteiger partial charge in [-0.2, -0.15) is 0 Å². The zero-order valence-electron chi connectivity index (χ0n) is 4.40. The summed E-state index contributed by atoms with van der Waals surface area (Å²) < 4.78 is 4.93. The zero-order valence-corrected chi connectivity index (χ0v) is 4.40. The summed E-state index contributed by atoms with van der Waals surface area (Å²) in [6, 6.07) is 0. The maximum Gasteiger partial charge on any atom is 0.0547 e. The zero-order chi connectivity index (χ0) is 4.99. The predicted octanol–water partition coefficient (Wildman–Crippen LogP) is 1.25. The predicted molar refractivity (Wildman–Crippen MR) is 26.4 cm³/mol. The average Bonchev–Trinajstić information content (AvgIpc) is 1.35. The van der Waals surface area contributed by atoms with E-state index in [1.807, 2.05) is 13.8 Å². The van der Waals surface area contributed by atoms with Gasteiger partial charge in [0.05, 0.1) is 6.10 Å². The van der Waals surface area contributed by atoms with Gasteiger partial charge in [0.1, 0.15) is 0 Å². The topological polar surface area (TPSA) is 9.23 Å². The Balaban J connectivity index is 2.63. The molecule has 1 radical (unpaired) electrons. The molecule has 0 unspecified atom stereocenters. The van der Waals surface area contributed by atoms with Crippen molar-refractivity contribution in [2.24, 2.45) is 0 Å². The Morgan fingerprint density at radius 1 is 1.83 bits per heavy atom. The minimum atomic E-state index is 0.148. The van der Waals surface area contributed by atoms with Crippen molar-refractivity contribution in [1.82, 2.24) is 0 Å². The highest BCUT2D eigenvalue weighted by molar-refractivity contribution is 4.46. The molecule has 0 spiro atoms. The van der Waals surface area contributed by atoms with Crippen molar-refractivity contribution >= 4 is 0 Å². The molecule has 0 saturated heterocycles. The summed E-state index contributed by atoms with van der Waals surface area (Å²) in [6.45, 7) is 8.25. The van der Waals surface area contributed by atoms with Crippen LogP contribution in [0.5, 0.6) is 0 Å². The molecule has 0 aromatic carbocycles. The van der Waals surface area contributed by atoms with Crippen molar-refractivity contribution in [3.63, 3.8) is 0 Å². The molecule has 0 N–H and O–H groups in total. The molecule has 1 atom stereocenters. The van der Waals surface area contributed by atoms with Crippen LogP contribution in [0.15, 0.2) is 0 Å². The van der Waals surface area contributed by atoms with Crippen LogP contribution < -0.4 is 0 Å². The summed E-state index contributed by atoms with van der Waals surface area (Å²) in [5.74, 6) is 0. The normalized spacial score (nSPS) is 10.0. The first-order chi connectivity index (χ1) is 2.77. The Morgan fingerprint density at radius 2 is 2.33 bits per heavy atom. The van der Waals surface area contributed by atoms with E-state index in [0.29, 0.717) is 0 Å². The molecule has 0 aliphatic carbocycles. The van der Waals surface area contributed by atoms with Crippen molar-refractivity contribution in [1.29, 1.82) is 0 Å². The van der Waals surface area contributed by atoms with E-state index < -0.39 is 0 Å². The lowest BCUT2D eigenvalue weighted by Gasteiger charge is -2.00. The maximum atomic E-state index is 4.93. The molecule has 0 aliphatic heterocycles. The van der Waals surface area contributed by atoms with Gasteiger partial charge < -0.3 is 4.74 Å². The fourth-order valence-electron chi connectivity index (χ4n) is 0.285. The van der Waals surface area contributed by atoms with E-state index in [1.165, 1.54) is 0 Å². The largest absolute Gasteiger partial charge is 0.379 e. The highest BCUT2D eigenvalue weighted by atomic mass is 16.5. The van der Waals surface area contributed by atoms with Crippen LogP contribution in [0, 0.1) is 6.92 Å². The molecule has 1 heteroatoms. The van der Waals surface area contributed by atoms with E-state index in [2.05, 4.69) is 6.92 Å². The summed E-state index contributed by atoms with van der Waals surface area (Å²) in [5.41, 5.74) is 0. The summed E-state index contributed by atoms with van der Waals surface area (Å²) in [5, 5.41) is 0. The molecule has 0 fully saturated rings. The fraction of sp³-hybridized carbons (Fsp3) is 0.800. The average molecular weight is 87.1 g/mol. The van der Waals surface area contributed by atoms with Gasteiger partial charge >= 0.3 is 0 Å². The van der Waals surface area contributed by atoms with E-state index >= 15 is 0 Å². The second-order valence-electron chi connectivity index (χ2n) is 1.27. The van der Waals surface area contributed by atoms with Gasteiger partial charge in [0.2, 0.25) is 0 Å². The summed E-state index contributed by atoms with van der Waals surface area (Å²) >= 11 is 0. The van der Waals surface area contributed by atoms with E-state index in [1.54, 1.807) is 0 Å². The van der Waals surface area contributed by atoms with Crippen LogP contribution in [0.3, 0.4) is 0 Å². The third kappa shape index (κ3) is 3.96. The van der Waals surface area contributed by atoms with Crippen LogP contribution in [-0.2, 0) is 4.74 Å².